The van der Waals surface area contributed by atoms with Gasteiger partial charge in [-0.1, -0.05) is 13.8 Å². The summed E-state index contributed by atoms with van der Waals surface area (Å²) in [5.74, 6) is 1.29. The van der Waals surface area contributed by atoms with E-state index in [0.29, 0.717) is 11.8 Å². The lowest BCUT2D eigenvalue weighted by molar-refractivity contribution is -0.160. The third kappa shape index (κ3) is 8.49. The molecule has 41 heavy (non-hydrogen) atoms. The highest BCUT2D eigenvalue weighted by Gasteiger charge is 2.45. The number of carbonyl (C=O) groups is 2. The summed E-state index contributed by atoms with van der Waals surface area (Å²) in [5.41, 5.74) is 0.0463. The molecule has 4 aliphatic rings. The van der Waals surface area contributed by atoms with Crippen molar-refractivity contribution < 1.29 is 19.1 Å². The molecule has 0 aromatic heterocycles. The van der Waals surface area contributed by atoms with Crippen molar-refractivity contribution in [1.29, 1.82) is 0 Å². The van der Waals surface area contributed by atoms with Crippen molar-refractivity contribution in [3.05, 3.63) is 0 Å². The zero-order valence-electron chi connectivity index (χ0n) is 28.1. The van der Waals surface area contributed by atoms with Gasteiger partial charge in [0.25, 0.3) is 0 Å². The second kappa shape index (κ2) is 11.7. The highest BCUT2D eigenvalue weighted by atomic mass is 16.5. The molecule has 0 atom stereocenters. The average Bonchev–Trinajstić information content (AvgIpc) is 2.81. The Kier molecular flexibility index (Phi) is 9.39. The molecule has 2 aliphatic heterocycles. The number of piperidine rings is 2. The van der Waals surface area contributed by atoms with Crippen LogP contribution >= 0.6 is 0 Å². The summed E-state index contributed by atoms with van der Waals surface area (Å²) in [4.78, 5) is 26.3. The minimum Gasteiger partial charge on any atom is -0.462 e. The smallest absolute Gasteiger partial charge is 0.309 e. The lowest BCUT2D eigenvalue weighted by atomic mass is 9.60. The van der Waals surface area contributed by atoms with Gasteiger partial charge in [-0.05, 0) is 150 Å². The van der Waals surface area contributed by atoms with Crippen LogP contribution in [0.3, 0.4) is 0 Å². The van der Waals surface area contributed by atoms with Crippen molar-refractivity contribution >= 4 is 11.9 Å². The molecule has 0 bridgehead atoms. The first kappa shape index (κ1) is 32.8. The predicted molar refractivity (Wildman–Crippen MR) is 165 cm³/mol. The number of carbonyl (C=O) groups excluding carboxylic acids is 2. The maximum Gasteiger partial charge on any atom is 0.309 e. The number of hydrogen-bond donors (Lipinski definition) is 2. The summed E-state index contributed by atoms with van der Waals surface area (Å²) in [6.45, 7) is 22.4. The van der Waals surface area contributed by atoms with E-state index < -0.39 is 0 Å². The molecule has 2 heterocycles. The zero-order chi connectivity index (χ0) is 30.4. The SMILES string of the molecule is CC1(C)CC(C(=O)OC2CCC(C(C)(C)C3CCC(OC(=O)C4CC(C)(C)NC(C)(C)C4)CC3)CC2)CC(C)(C)N1. The van der Waals surface area contributed by atoms with Crippen molar-refractivity contribution in [2.45, 2.75) is 181 Å². The fraction of sp³-hybridized carbons (Fsp3) is 0.943. The Morgan fingerprint density at radius 1 is 0.537 bits per heavy atom. The Balaban J connectivity index is 1.22. The normalized spacial score (nSPS) is 34.0. The van der Waals surface area contributed by atoms with E-state index in [4.69, 9.17) is 9.47 Å². The quantitative estimate of drug-likeness (QED) is 0.324. The van der Waals surface area contributed by atoms with Crippen LogP contribution in [-0.4, -0.2) is 46.3 Å². The summed E-state index contributed by atoms with van der Waals surface area (Å²) < 4.78 is 12.3. The maximum absolute atomic E-state index is 13.2. The van der Waals surface area contributed by atoms with Crippen LogP contribution < -0.4 is 10.6 Å². The van der Waals surface area contributed by atoms with Crippen molar-refractivity contribution in [3.8, 4) is 0 Å². The van der Waals surface area contributed by atoms with Crippen LogP contribution in [-0.2, 0) is 19.1 Å². The Labute approximate surface area is 251 Å². The maximum atomic E-state index is 13.2. The second-order valence-corrected chi connectivity index (χ2v) is 17.6. The van der Waals surface area contributed by atoms with Crippen LogP contribution in [0, 0.1) is 29.1 Å². The van der Waals surface area contributed by atoms with Gasteiger partial charge >= 0.3 is 11.9 Å². The third-order valence-electron chi connectivity index (χ3n) is 11.1. The van der Waals surface area contributed by atoms with Gasteiger partial charge in [0, 0.05) is 22.2 Å². The van der Waals surface area contributed by atoms with Gasteiger partial charge in [-0.2, -0.15) is 0 Å². The first-order valence-electron chi connectivity index (χ1n) is 16.8. The van der Waals surface area contributed by atoms with E-state index in [-0.39, 0.29) is 63.6 Å². The molecule has 0 unspecified atom stereocenters. The topological polar surface area (TPSA) is 76.7 Å². The Morgan fingerprint density at radius 3 is 1.07 bits per heavy atom. The highest BCUT2D eigenvalue weighted by molar-refractivity contribution is 5.73. The molecule has 0 amide bonds. The summed E-state index contributed by atoms with van der Waals surface area (Å²) in [5, 5.41) is 7.34. The van der Waals surface area contributed by atoms with E-state index in [0.717, 1.165) is 77.0 Å². The number of hydrogen-bond acceptors (Lipinski definition) is 6. The van der Waals surface area contributed by atoms with Gasteiger partial charge in [0.2, 0.25) is 0 Å². The van der Waals surface area contributed by atoms with Crippen LogP contribution in [0.25, 0.3) is 0 Å². The monoisotopic (exact) mass is 574 g/mol. The number of ether oxygens (including phenoxy) is 2. The molecular weight excluding hydrogens is 512 g/mol. The van der Waals surface area contributed by atoms with Crippen LogP contribution in [0.5, 0.6) is 0 Å². The molecule has 0 aromatic carbocycles. The van der Waals surface area contributed by atoms with Gasteiger partial charge < -0.3 is 20.1 Å². The van der Waals surface area contributed by atoms with Crippen LogP contribution in [0.4, 0.5) is 0 Å². The standard InChI is InChI=1S/C35H62N2O4/c1-31(2)19-23(20-32(3,4)36-31)29(38)40-27-15-11-25(12-16-27)35(9,10)26-13-17-28(18-14-26)41-30(39)24-21-33(5,6)37-34(7,8)22-24/h23-28,36-37H,11-22H2,1-10H3. The predicted octanol–water partition coefficient (Wildman–Crippen LogP) is 7.33. The van der Waals surface area contributed by atoms with Crippen molar-refractivity contribution in [2.75, 3.05) is 0 Å². The van der Waals surface area contributed by atoms with Crippen molar-refractivity contribution in [2.24, 2.45) is 29.1 Å². The molecule has 2 saturated heterocycles. The fourth-order valence-corrected chi connectivity index (χ4v) is 9.68. The molecule has 2 saturated carbocycles. The lowest BCUT2D eigenvalue weighted by Crippen LogP contribution is -2.59. The Hall–Kier alpha value is -1.14. The fourth-order valence-electron chi connectivity index (χ4n) is 9.68. The summed E-state index contributed by atoms with van der Waals surface area (Å²) in [6, 6.07) is 0. The van der Waals surface area contributed by atoms with Crippen LogP contribution in [0.2, 0.25) is 0 Å². The number of nitrogens with one attached hydrogen (secondary N) is 2. The third-order valence-corrected chi connectivity index (χ3v) is 11.1. The van der Waals surface area contributed by atoms with E-state index in [9.17, 15) is 9.59 Å². The van der Waals surface area contributed by atoms with Gasteiger partial charge in [-0.15, -0.1) is 0 Å². The van der Waals surface area contributed by atoms with Crippen LogP contribution in [0.1, 0.15) is 146 Å². The van der Waals surface area contributed by atoms with Gasteiger partial charge in [0.15, 0.2) is 0 Å². The molecule has 0 radical (unpaired) electrons. The minimum atomic E-state index is -0.0500. The summed E-state index contributed by atoms with van der Waals surface area (Å²) in [6.07, 6.45) is 11.9. The van der Waals surface area contributed by atoms with Gasteiger partial charge in [-0.25, -0.2) is 0 Å². The van der Waals surface area contributed by atoms with E-state index in [2.05, 4.69) is 79.9 Å². The van der Waals surface area contributed by atoms with Crippen molar-refractivity contribution in [3.63, 3.8) is 0 Å². The van der Waals surface area contributed by atoms with Gasteiger partial charge in [0.05, 0.1) is 11.8 Å². The number of rotatable bonds is 6. The van der Waals surface area contributed by atoms with Crippen LogP contribution in [0.15, 0.2) is 0 Å². The summed E-state index contributed by atoms with van der Waals surface area (Å²) >= 11 is 0. The lowest BCUT2D eigenvalue weighted by Gasteiger charge is -2.47. The number of esters is 2. The molecule has 6 nitrogen and oxygen atoms in total. The molecule has 0 aromatic rings. The van der Waals surface area contributed by atoms with E-state index in [1.165, 1.54) is 0 Å². The summed E-state index contributed by atoms with van der Waals surface area (Å²) in [7, 11) is 0. The van der Waals surface area contributed by atoms with E-state index >= 15 is 0 Å². The van der Waals surface area contributed by atoms with E-state index in [1.54, 1.807) is 0 Å². The molecule has 4 fully saturated rings. The second-order valence-electron chi connectivity index (χ2n) is 17.6. The Bertz CT molecular complexity index is 830. The molecular formula is C35H62N2O4. The molecule has 2 N–H and O–H groups in total. The Morgan fingerprint density at radius 2 is 0.805 bits per heavy atom. The van der Waals surface area contributed by atoms with Gasteiger partial charge in [-0.3, -0.25) is 9.59 Å². The van der Waals surface area contributed by atoms with Gasteiger partial charge in [0.1, 0.15) is 12.2 Å². The molecule has 0 spiro atoms. The highest BCUT2D eigenvalue weighted by Crippen LogP contribution is 2.49. The first-order chi connectivity index (χ1) is 18.8. The van der Waals surface area contributed by atoms with Crippen molar-refractivity contribution in [1.82, 2.24) is 10.6 Å². The zero-order valence-corrected chi connectivity index (χ0v) is 28.1. The first-order valence-corrected chi connectivity index (χ1v) is 16.8. The molecule has 2 aliphatic carbocycles. The molecule has 6 heteroatoms. The largest absolute Gasteiger partial charge is 0.462 e. The minimum absolute atomic E-state index is 0.0137. The molecule has 236 valence electrons. The average molecular weight is 575 g/mol. The molecule has 4 rings (SSSR count). The van der Waals surface area contributed by atoms with E-state index in [1.807, 2.05) is 0 Å².